The first-order chi connectivity index (χ1) is 12.5. The molecule has 4 heteroatoms. The molecule has 2 aromatic rings. The van der Waals surface area contributed by atoms with E-state index in [2.05, 4.69) is 12.2 Å². The van der Waals surface area contributed by atoms with Crippen LogP contribution in [-0.2, 0) is 22.4 Å². The molecule has 0 spiro atoms. The second kappa shape index (κ2) is 9.56. The third-order valence-electron chi connectivity index (χ3n) is 4.24. The Hall–Kier alpha value is -2.88. The van der Waals surface area contributed by atoms with Crippen LogP contribution >= 0.6 is 0 Å². The van der Waals surface area contributed by atoms with Crippen molar-refractivity contribution >= 4 is 23.6 Å². The summed E-state index contributed by atoms with van der Waals surface area (Å²) in [6, 6.07) is 15.8. The number of carbonyl (C=O) groups is 2. The third kappa shape index (κ3) is 5.59. The molecule has 0 radical (unpaired) electrons. The lowest BCUT2D eigenvalue weighted by atomic mass is 10.1. The second-order valence-electron chi connectivity index (χ2n) is 6.18. The molecular formula is C22H26N2O2. The van der Waals surface area contributed by atoms with Gasteiger partial charge in [-0.15, -0.1) is 0 Å². The molecule has 136 valence electrons. The van der Waals surface area contributed by atoms with E-state index in [9.17, 15) is 9.59 Å². The highest BCUT2D eigenvalue weighted by molar-refractivity contribution is 5.98. The third-order valence-corrected chi connectivity index (χ3v) is 4.24. The monoisotopic (exact) mass is 350 g/mol. The average Bonchev–Trinajstić information content (AvgIpc) is 2.66. The number of para-hydroxylation sites is 1. The van der Waals surface area contributed by atoms with Gasteiger partial charge < -0.3 is 10.2 Å². The van der Waals surface area contributed by atoms with Gasteiger partial charge in [-0.2, -0.15) is 0 Å². The Morgan fingerprint density at radius 1 is 1.00 bits per heavy atom. The number of hydrogen-bond donors (Lipinski definition) is 1. The minimum atomic E-state index is -0.206. The lowest BCUT2D eigenvalue weighted by molar-refractivity contribution is -0.129. The Balaban J connectivity index is 1.91. The van der Waals surface area contributed by atoms with Gasteiger partial charge in [0.15, 0.2) is 0 Å². The maximum atomic E-state index is 12.2. The number of anilines is 1. The molecule has 0 bridgehead atoms. The fourth-order valence-electron chi connectivity index (χ4n) is 2.59. The first-order valence-electron chi connectivity index (χ1n) is 8.93. The number of rotatable bonds is 7. The molecule has 0 aliphatic rings. The Morgan fingerprint density at radius 2 is 1.69 bits per heavy atom. The highest BCUT2D eigenvalue weighted by atomic mass is 16.2. The predicted molar refractivity (Wildman–Crippen MR) is 107 cm³/mol. The first kappa shape index (κ1) is 19.4. The van der Waals surface area contributed by atoms with E-state index in [1.807, 2.05) is 55.5 Å². The van der Waals surface area contributed by atoms with Crippen LogP contribution in [0, 0.1) is 0 Å². The molecule has 0 heterocycles. The molecule has 0 saturated heterocycles. The SMILES string of the molecule is CCc1ccc(/C=C/C(=O)N(C)CC(=O)Nc2ccccc2CC)cc1. The second-order valence-corrected chi connectivity index (χ2v) is 6.18. The Morgan fingerprint density at radius 3 is 2.35 bits per heavy atom. The van der Waals surface area contributed by atoms with E-state index in [1.165, 1.54) is 16.5 Å². The number of amides is 2. The molecule has 2 rings (SSSR count). The van der Waals surface area contributed by atoms with Gasteiger partial charge in [0.2, 0.25) is 11.8 Å². The van der Waals surface area contributed by atoms with Crippen molar-refractivity contribution in [3.8, 4) is 0 Å². The van der Waals surface area contributed by atoms with Crippen LogP contribution in [-0.4, -0.2) is 30.3 Å². The predicted octanol–water partition coefficient (Wildman–Crippen LogP) is 3.92. The number of benzene rings is 2. The van der Waals surface area contributed by atoms with Crippen LogP contribution in [0.2, 0.25) is 0 Å². The van der Waals surface area contributed by atoms with E-state index in [4.69, 9.17) is 0 Å². The van der Waals surface area contributed by atoms with Crippen LogP contribution in [0.1, 0.15) is 30.5 Å². The van der Waals surface area contributed by atoms with Gasteiger partial charge in [0, 0.05) is 18.8 Å². The fourth-order valence-corrected chi connectivity index (χ4v) is 2.59. The quantitative estimate of drug-likeness (QED) is 0.770. The lowest BCUT2D eigenvalue weighted by Crippen LogP contribution is -2.34. The van der Waals surface area contributed by atoms with Crippen molar-refractivity contribution in [2.24, 2.45) is 0 Å². The Kier molecular flexibility index (Phi) is 7.15. The van der Waals surface area contributed by atoms with E-state index in [0.717, 1.165) is 29.7 Å². The largest absolute Gasteiger partial charge is 0.333 e. The molecule has 2 amide bonds. The molecule has 4 nitrogen and oxygen atoms in total. The minimum absolute atomic E-state index is 0.00992. The zero-order valence-corrected chi connectivity index (χ0v) is 15.7. The fraction of sp³-hybridized carbons (Fsp3) is 0.273. The maximum absolute atomic E-state index is 12.2. The summed E-state index contributed by atoms with van der Waals surface area (Å²) in [5.41, 5.74) is 4.09. The summed E-state index contributed by atoms with van der Waals surface area (Å²) >= 11 is 0. The van der Waals surface area contributed by atoms with Crippen molar-refractivity contribution in [3.63, 3.8) is 0 Å². The Bertz CT molecular complexity index is 779. The number of aryl methyl sites for hydroxylation is 2. The summed E-state index contributed by atoms with van der Waals surface area (Å²) in [7, 11) is 1.62. The zero-order chi connectivity index (χ0) is 18.9. The van der Waals surface area contributed by atoms with Crippen LogP contribution in [0.3, 0.4) is 0 Å². The summed E-state index contributed by atoms with van der Waals surface area (Å²) < 4.78 is 0. The van der Waals surface area contributed by atoms with Crippen molar-refractivity contribution in [1.82, 2.24) is 4.90 Å². The molecular weight excluding hydrogens is 324 g/mol. The summed E-state index contributed by atoms with van der Waals surface area (Å²) in [6.07, 6.45) is 5.09. The van der Waals surface area contributed by atoms with E-state index >= 15 is 0 Å². The molecule has 26 heavy (non-hydrogen) atoms. The van der Waals surface area contributed by atoms with E-state index < -0.39 is 0 Å². The van der Waals surface area contributed by atoms with Crippen LogP contribution in [0.5, 0.6) is 0 Å². The average molecular weight is 350 g/mol. The molecule has 0 aromatic heterocycles. The van der Waals surface area contributed by atoms with Gasteiger partial charge in [-0.3, -0.25) is 9.59 Å². The van der Waals surface area contributed by atoms with Gasteiger partial charge in [0.25, 0.3) is 0 Å². The Labute approximate surface area is 155 Å². The van der Waals surface area contributed by atoms with Gasteiger partial charge in [-0.05, 0) is 41.7 Å². The number of nitrogens with zero attached hydrogens (tertiary/aromatic N) is 1. The summed E-state index contributed by atoms with van der Waals surface area (Å²) in [5.74, 6) is -0.411. The van der Waals surface area contributed by atoms with Crippen molar-refractivity contribution in [3.05, 3.63) is 71.3 Å². The van der Waals surface area contributed by atoms with Crippen LogP contribution in [0.4, 0.5) is 5.69 Å². The normalized spacial score (nSPS) is 10.7. The van der Waals surface area contributed by atoms with Crippen molar-refractivity contribution in [1.29, 1.82) is 0 Å². The summed E-state index contributed by atoms with van der Waals surface area (Å²) in [6.45, 7) is 4.15. The smallest absolute Gasteiger partial charge is 0.246 e. The number of nitrogens with one attached hydrogen (secondary N) is 1. The topological polar surface area (TPSA) is 49.4 Å². The maximum Gasteiger partial charge on any atom is 0.246 e. The van der Waals surface area contributed by atoms with Gasteiger partial charge in [0.05, 0.1) is 6.54 Å². The summed E-state index contributed by atoms with van der Waals surface area (Å²) in [4.78, 5) is 25.8. The number of likely N-dealkylation sites (N-methyl/N-ethyl adjacent to an activating group) is 1. The van der Waals surface area contributed by atoms with E-state index in [-0.39, 0.29) is 18.4 Å². The number of hydrogen-bond acceptors (Lipinski definition) is 2. The standard InChI is InChI=1S/C22H26N2O2/c1-4-17-10-12-18(13-11-17)14-15-22(26)24(3)16-21(25)23-20-9-7-6-8-19(20)5-2/h6-15H,4-5,16H2,1-3H3,(H,23,25)/b15-14+. The van der Waals surface area contributed by atoms with Gasteiger partial charge in [0.1, 0.15) is 0 Å². The zero-order valence-electron chi connectivity index (χ0n) is 15.7. The highest BCUT2D eigenvalue weighted by Crippen LogP contribution is 2.15. The van der Waals surface area contributed by atoms with E-state index in [1.54, 1.807) is 13.1 Å². The molecule has 0 aliphatic carbocycles. The van der Waals surface area contributed by atoms with Crippen molar-refractivity contribution < 1.29 is 9.59 Å². The van der Waals surface area contributed by atoms with Crippen molar-refractivity contribution in [2.75, 3.05) is 18.9 Å². The first-order valence-corrected chi connectivity index (χ1v) is 8.93. The van der Waals surface area contributed by atoms with E-state index in [0.29, 0.717) is 0 Å². The molecule has 0 unspecified atom stereocenters. The molecule has 0 atom stereocenters. The molecule has 1 N–H and O–H groups in total. The van der Waals surface area contributed by atoms with Gasteiger partial charge >= 0.3 is 0 Å². The molecule has 2 aromatic carbocycles. The van der Waals surface area contributed by atoms with Crippen molar-refractivity contribution in [2.45, 2.75) is 26.7 Å². The summed E-state index contributed by atoms with van der Waals surface area (Å²) in [5, 5.41) is 2.88. The highest BCUT2D eigenvalue weighted by Gasteiger charge is 2.11. The molecule has 0 aliphatic heterocycles. The number of carbonyl (C=O) groups excluding carboxylic acids is 2. The lowest BCUT2D eigenvalue weighted by Gasteiger charge is -2.16. The van der Waals surface area contributed by atoms with Crippen LogP contribution in [0.15, 0.2) is 54.6 Å². The van der Waals surface area contributed by atoms with Crippen LogP contribution in [0.25, 0.3) is 6.08 Å². The van der Waals surface area contributed by atoms with Gasteiger partial charge in [-0.1, -0.05) is 56.3 Å². The van der Waals surface area contributed by atoms with Gasteiger partial charge in [-0.25, -0.2) is 0 Å². The van der Waals surface area contributed by atoms with Crippen LogP contribution < -0.4 is 5.32 Å². The molecule has 0 fully saturated rings. The molecule has 0 saturated carbocycles. The minimum Gasteiger partial charge on any atom is -0.333 e.